The summed E-state index contributed by atoms with van der Waals surface area (Å²) in [6, 6.07) is 1.09. The summed E-state index contributed by atoms with van der Waals surface area (Å²) in [5.74, 6) is -2.93. The summed E-state index contributed by atoms with van der Waals surface area (Å²) in [4.78, 5) is 0. The third kappa shape index (κ3) is 3.33. The summed E-state index contributed by atoms with van der Waals surface area (Å²) in [5.41, 5.74) is 0.136. The van der Waals surface area contributed by atoms with E-state index in [0.717, 1.165) is 25.3 Å². The second-order valence-electron chi connectivity index (χ2n) is 5.28. The molecule has 20 heavy (non-hydrogen) atoms. The fourth-order valence-corrected chi connectivity index (χ4v) is 2.60. The lowest BCUT2D eigenvalue weighted by molar-refractivity contribution is 0.0307. The molecule has 0 saturated carbocycles. The first kappa shape index (κ1) is 15.3. The van der Waals surface area contributed by atoms with Gasteiger partial charge in [0.1, 0.15) is 5.82 Å². The highest BCUT2D eigenvalue weighted by Crippen LogP contribution is 2.32. The number of hydrogen-bond acceptors (Lipinski definition) is 2. The van der Waals surface area contributed by atoms with Crippen LogP contribution in [0.3, 0.4) is 0 Å². The average molecular weight is 287 g/mol. The van der Waals surface area contributed by atoms with Gasteiger partial charge in [-0.15, -0.1) is 0 Å². The Bertz CT molecular complexity index is 467. The molecule has 1 heterocycles. The van der Waals surface area contributed by atoms with E-state index >= 15 is 0 Å². The van der Waals surface area contributed by atoms with Crippen LogP contribution in [0.2, 0.25) is 0 Å². The Balaban J connectivity index is 2.28. The molecule has 1 aromatic carbocycles. The van der Waals surface area contributed by atoms with Crippen LogP contribution in [0.5, 0.6) is 0 Å². The molecule has 1 N–H and O–H groups in total. The van der Waals surface area contributed by atoms with Crippen LogP contribution in [-0.2, 0) is 4.74 Å². The van der Waals surface area contributed by atoms with E-state index in [4.69, 9.17) is 4.74 Å². The Kier molecular flexibility index (Phi) is 5.05. The van der Waals surface area contributed by atoms with E-state index in [1.165, 1.54) is 0 Å². The number of halogens is 3. The first-order valence-corrected chi connectivity index (χ1v) is 7.06. The molecule has 0 aliphatic carbocycles. The molecule has 112 valence electrons. The lowest BCUT2D eigenvalue weighted by Crippen LogP contribution is -2.33. The zero-order valence-corrected chi connectivity index (χ0v) is 11.8. The van der Waals surface area contributed by atoms with E-state index in [2.05, 4.69) is 5.32 Å². The van der Waals surface area contributed by atoms with Crippen LogP contribution in [0.4, 0.5) is 13.2 Å². The molecule has 0 amide bonds. The number of hydrogen-bond donors (Lipinski definition) is 1. The predicted octanol–water partition coefficient (Wildman–Crippen LogP) is 3.71. The van der Waals surface area contributed by atoms with Gasteiger partial charge >= 0.3 is 0 Å². The summed E-state index contributed by atoms with van der Waals surface area (Å²) in [6.07, 6.45) is 2.43. The van der Waals surface area contributed by atoms with Crippen LogP contribution in [0, 0.1) is 17.5 Å². The Hall–Kier alpha value is -1.07. The fraction of sp³-hybridized carbons (Fsp3) is 0.600. The molecule has 0 aromatic heterocycles. The van der Waals surface area contributed by atoms with Crippen LogP contribution >= 0.6 is 0 Å². The average Bonchev–Trinajstić information content (AvgIpc) is 2.82. The van der Waals surface area contributed by atoms with E-state index in [-0.39, 0.29) is 17.8 Å². The van der Waals surface area contributed by atoms with Crippen LogP contribution in [0.1, 0.15) is 44.7 Å². The van der Waals surface area contributed by atoms with Gasteiger partial charge in [0.15, 0.2) is 11.6 Å². The van der Waals surface area contributed by atoms with Gasteiger partial charge < -0.3 is 10.1 Å². The van der Waals surface area contributed by atoms with Crippen LogP contribution < -0.4 is 5.32 Å². The highest BCUT2D eigenvalue weighted by molar-refractivity contribution is 5.25. The first-order valence-electron chi connectivity index (χ1n) is 7.06. The van der Waals surface area contributed by atoms with Crippen molar-refractivity contribution in [1.82, 2.24) is 5.32 Å². The highest BCUT2D eigenvalue weighted by atomic mass is 19.2. The van der Waals surface area contributed by atoms with Gasteiger partial charge in [-0.05, 0) is 38.8 Å². The molecule has 2 nitrogen and oxygen atoms in total. The second-order valence-corrected chi connectivity index (χ2v) is 5.28. The normalized spacial score (nSPS) is 24.1. The van der Waals surface area contributed by atoms with Crippen molar-refractivity contribution in [2.45, 2.75) is 51.4 Å². The molecule has 0 bridgehead atoms. The maximum Gasteiger partial charge on any atom is 0.161 e. The van der Waals surface area contributed by atoms with Gasteiger partial charge in [-0.25, -0.2) is 13.2 Å². The number of ether oxygens (including phenoxy) is 1. The molecule has 1 aromatic rings. The fourth-order valence-electron chi connectivity index (χ4n) is 2.60. The van der Waals surface area contributed by atoms with E-state index in [1.807, 2.05) is 13.8 Å². The first-order chi connectivity index (χ1) is 9.52. The monoisotopic (exact) mass is 287 g/mol. The van der Waals surface area contributed by atoms with E-state index in [1.54, 1.807) is 0 Å². The van der Waals surface area contributed by atoms with Crippen molar-refractivity contribution < 1.29 is 17.9 Å². The van der Waals surface area contributed by atoms with Crippen molar-refractivity contribution in [1.29, 1.82) is 0 Å². The minimum Gasteiger partial charge on any atom is -0.373 e. The Morgan fingerprint density at radius 2 is 1.90 bits per heavy atom. The third-order valence-electron chi connectivity index (χ3n) is 3.63. The SMILES string of the molecule is CCCNC(c1cc(F)c(F)cc1F)C1CCC(C)O1. The van der Waals surface area contributed by atoms with Crippen molar-refractivity contribution in [3.05, 3.63) is 35.1 Å². The summed E-state index contributed by atoms with van der Waals surface area (Å²) < 4.78 is 46.2. The van der Waals surface area contributed by atoms with Crippen molar-refractivity contribution in [3.8, 4) is 0 Å². The molecule has 1 saturated heterocycles. The minimum atomic E-state index is -1.17. The number of nitrogens with one attached hydrogen (secondary N) is 1. The number of benzene rings is 1. The largest absolute Gasteiger partial charge is 0.373 e. The molecule has 5 heteroatoms. The summed E-state index contributed by atoms with van der Waals surface area (Å²) in [5, 5.41) is 3.18. The Morgan fingerprint density at radius 1 is 1.20 bits per heavy atom. The van der Waals surface area contributed by atoms with Crippen molar-refractivity contribution >= 4 is 0 Å². The summed E-state index contributed by atoms with van der Waals surface area (Å²) >= 11 is 0. The Morgan fingerprint density at radius 3 is 2.50 bits per heavy atom. The van der Waals surface area contributed by atoms with E-state index in [9.17, 15) is 13.2 Å². The van der Waals surface area contributed by atoms with Gasteiger partial charge in [-0.1, -0.05) is 6.92 Å². The second kappa shape index (κ2) is 6.59. The zero-order chi connectivity index (χ0) is 14.7. The molecule has 1 aliphatic heterocycles. The molecular formula is C15H20F3NO. The molecule has 1 aliphatic rings. The molecule has 3 unspecified atom stereocenters. The van der Waals surface area contributed by atoms with Crippen molar-refractivity contribution in [2.24, 2.45) is 0 Å². The molecule has 3 atom stereocenters. The smallest absolute Gasteiger partial charge is 0.161 e. The topological polar surface area (TPSA) is 21.3 Å². The van der Waals surface area contributed by atoms with Gasteiger partial charge in [0.25, 0.3) is 0 Å². The Labute approximate surface area is 117 Å². The van der Waals surface area contributed by atoms with Gasteiger partial charge in [0.05, 0.1) is 18.2 Å². The standard InChI is InChI=1S/C15H20F3NO/c1-3-6-19-15(14-5-4-9(2)20-14)10-7-12(17)13(18)8-11(10)16/h7-9,14-15,19H,3-6H2,1-2H3. The molecule has 0 radical (unpaired) electrons. The maximum atomic E-state index is 14.0. The zero-order valence-electron chi connectivity index (χ0n) is 11.8. The van der Waals surface area contributed by atoms with Gasteiger partial charge in [0.2, 0.25) is 0 Å². The third-order valence-corrected chi connectivity index (χ3v) is 3.63. The summed E-state index contributed by atoms with van der Waals surface area (Å²) in [6.45, 7) is 4.61. The lowest BCUT2D eigenvalue weighted by atomic mass is 9.98. The minimum absolute atomic E-state index is 0.110. The maximum absolute atomic E-state index is 14.0. The van der Waals surface area contributed by atoms with Gasteiger partial charge in [-0.3, -0.25) is 0 Å². The van der Waals surface area contributed by atoms with E-state index in [0.29, 0.717) is 12.6 Å². The van der Waals surface area contributed by atoms with Crippen molar-refractivity contribution in [3.63, 3.8) is 0 Å². The highest BCUT2D eigenvalue weighted by Gasteiger charge is 2.32. The molecule has 1 fully saturated rings. The predicted molar refractivity (Wildman–Crippen MR) is 70.9 cm³/mol. The van der Waals surface area contributed by atoms with Gasteiger partial charge in [-0.2, -0.15) is 0 Å². The van der Waals surface area contributed by atoms with Crippen molar-refractivity contribution in [2.75, 3.05) is 6.54 Å². The molecule has 2 rings (SSSR count). The van der Waals surface area contributed by atoms with Crippen LogP contribution in [0.25, 0.3) is 0 Å². The van der Waals surface area contributed by atoms with Crippen LogP contribution in [-0.4, -0.2) is 18.8 Å². The van der Waals surface area contributed by atoms with E-state index < -0.39 is 23.5 Å². The van der Waals surface area contributed by atoms with Crippen LogP contribution in [0.15, 0.2) is 12.1 Å². The number of rotatable bonds is 5. The lowest BCUT2D eigenvalue weighted by Gasteiger charge is -2.25. The summed E-state index contributed by atoms with van der Waals surface area (Å²) in [7, 11) is 0. The van der Waals surface area contributed by atoms with Gasteiger partial charge in [0, 0.05) is 11.6 Å². The quantitative estimate of drug-likeness (QED) is 0.834. The molecule has 0 spiro atoms. The molecular weight excluding hydrogens is 267 g/mol.